The van der Waals surface area contributed by atoms with Gasteiger partial charge in [-0.3, -0.25) is 9.78 Å². The Bertz CT molecular complexity index is 523. The molecule has 4 N–H and O–H groups in total. The number of rotatable bonds is 4. The summed E-state index contributed by atoms with van der Waals surface area (Å²) in [4.78, 5) is 23.1. The van der Waals surface area contributed by atoms with Gasteiger partial charge in [-0.05, 0) is 12.5 Å². The van der Waals surface area contributed by atoms with Crippen LogP contribution >= 0.6 is 0 Å². The smallest absolute Gasteiger partial charge is 0.255 e. The van der Waals surface area contributed by atoms with E-state index >= 15 is 0 Å². The number of pyridine rings is 1. The number of hydrogen-bond acceptors (Lipinski definition) is 4. The van der Waals surface area contributed by atoms with E-state index in [0.717, 1.165) is 12.2 Å². The van der Waals surface area contributed by atoms with Gasteiger partial charge in [-0.15, -0.1) is 0 Å². The number of anilines is 1. The third kappa shape index (κ3) is 2.48. The Labute approximate surface area is 105 Å². The minimum atomic E-state index is -0.246. The Morgan fingerprint density at radius 3 is 3.00 bits per heavy atom. The van der Waals surface area contributed by atoms with Gasteiger partial charge >= 0.3 is 0 Å². The molecule has 0 aliphatic rings. The van der Waals surface area contributed by atoms with Crippen molar-refractivity contribution >= 4 is 11.6 Å². The van der Waals surface area contributed by atoms with Gasteiger partial charge in [0, 0.05) is 30.5 Å². The minimum Gasteiger partial charge on any atom is -0.398 e. The molecule has 0 bridgehead atoms. The van der Waals surface area contributed by atoms with E-state index in [4.69, 9.17) is 5.73 Å². The Kier molecular flexibility index (Phi) is 3.57. The van der Waals surface area contributed by atoms with Crippen molar-refractivity contribution in [3.63, 3.8) is 0 Å². The first-order valence-corrected chi connectivity index (χ1v) is 5.72. The van der Waals surface area contributed by atoms with E-state index in [-0.39, 0.29) is 11.9 Å². The monoisotopic (exact) mass is 245 g/mol. The molecule has 1 atom stereocenters. The van der Waals surface area contributed by atoms with E-state index in [2.05, 4.69) is 20.3 Å². The van der Waals surface area contributed by atoms with Crippen LogP contribution in [0.3, 0.4) is 0 Å². The Morgan fingerprint density at radius 2 is 2.39 bits per heavy atom. The van der Waals surface area contributed by atoms with Crippen molar-refractivity contribution in [2.24, 2.45) is 0 Å². The number of H-pyrrole nitrogens is 1. The zero-order chi connectivity index (χ0) is 13.0. The molecule has 1 unspecified atom stereocenters. The molecule has 0 saturated heterocycles. The second kappa shape index (κ2) is 5.31. The van der Waals surface area contributed by atoms with E-state index in [1.807, 2.05) is 6.92 Å². The predicted molar refractivity (Wildman–Crippen MR) is 67.7 cm³/mol. The zero-order valence-corrected chi connectivity index (χ0v) is 10.1. The summed E-state index contributed by atoms with van der Waals surface area (Å²) >= 11 is 0. The molecule has 2 rings (SSSR count). The van der Waals surface area contributed by atoms with Crippen LogP contribution in [0.2, 0.25) is 0 Å². The van der Waals surface area contributed by atoms with Crippen LogP contribution in [0.15, 0.2) is 30.9 Å². The van der Waals surface area contributed by atoms with Crippen LogP contribution in [0.4, 0.5) is 5.69 Å². The van der Waals surface area contributed by atoms with Gasteiger partial charge in [0.05, 0.1) is 11.6 Å². The van der Waals surface area contributed by atoms with Crippen LogP contribution in [0.1, 0.15) is 35.6 Å². The van der Waals surface area contributed by atoms with Gasteiger partial charge in [-0.2, -0.15) is 0 Å². The highest BCUT2D eigenvalue weighted by Gasteiger charge is 2.17. The highest BCUT2D eigenvalue weighted by Crippen LogP contribution is 2.14. The summed E-state index contributed by atoms with van der Waals surface area (Å²) in [5.41, 5.74) is 6.52. The third-order valence-corrected chi connectivity index (χ3v) is 2.66. The predicted octanol–water partition coefficient (Wildman–Crippen LogP) is 1.27. The molecule has 6 nitrogen and oxygen atoms in total. The zero-order valence-electron chi connectivity index (χ0n) is 10.1. The minimum absolute atomic E-state index is 0.160. The highest BCUT2D eigenvalue weighted by molar-refractivity contribution is 5.98. The molecule has 0 saturated carbocycles. The standard InChI is InChI=1S/C12H15N5O/c1-2-10(11-15-5-6-16-11)17-12(18)8-7-14-4-3-9(8)13/h3-7,10H,2H2,1H3,(H2,13,14)(H,15,16)(H,17,18). The maximum atomic E-state index is 12.1. The van der Waals surface area contributed by atoms with E-state index in [1.54, 1.807) is 24.7 Å². The number of nitrogens with one attached hydrogen (secondary N) is 2. The molecule has 94 valence electrons. The van der Waals surface area contributed by atoms with Crippen molar-refractivity contribution in [2.45, 2.75) is 19.4 Å². The molecule has 0 aliphatic carbocycles. The Hall–Kier alpha value is -2.37. The maximum Gasteiger partial charge on any atom is 0.255 e. The average molecular weight is 245 g/mol. The summed E-state index contributed by atoms with van der Waals surface area (Å²) in [6.45, 7) is 1.97. The lowest BCUT2D eigenvalue weighted by Gasteiger charge is -2.15. The molecule has 2 aromatic rings. The van der Waals surface area contributed by atoms with Gasteiger partial charge < -0.3 is 16.0 Å². The van der Waals surface area contributed by atoms with Crippen molar-refractivity contribution in [3.8, 4) is 0 Å². The van der Waals surface area contributed by atoms with E-state index in [1.165, 1.54) is 6.20 Å². The third-order valence-electron chi connectivity index (χ3n) is 2.66. The number of aromatic amines is 1. The van der Waals surface area contributed by atoms with Gasteiger partial charge in [-0.25, -0.2) is 4.98 Å². The maximum absolute atomic E-state index is 12.1. The number of carbonyl (C=O) groups excluding carboxylic acids is 1. The fourth-order valence-electron chi connectivity index (χ4n) is 1.66. The van der Waals surface area contributed by atoms with E-state index in [9.17, 15) is 4.79 Å². The van der Waals surface area contributed by atoms with E-state index in [0.29, 0.717) is 11.3 Å². The van der Waals surface area contributed by atoms with Crippen molar-refractivity contribution in [1.82, 2.24) is 20.3 Å². The SMILES string of the molecule is CCC(NC(=O)c1cnccc1N)c1ncc[nH]1. The molecule has 2 aromatic heterocycles. The number of amides is 1. The summed E-state index contributed by atoms with van der Waals surface area (Å²) in [7, 11) is 0. The first-order valence-electron chi connectivity index (χ1n) is 5.72. The molecular weight excluding hydrogens is 230 g/mol. The van der Waals surface area contributed by atoms with Crippen LogP contribution < -0.4 is 11.1 Å². The summed E-state index contributed by atoms with van der Waals surface area (Å²) in [5.74, 6) is 0.483. The quantitative estimate of drug-likeness (QED) is 0.755. The lowest BCUT2D eigenvalue weighted by atomic mass is 10.1. The molecule has 0 aliphatic heterocycles. The summed E-state index contributed by atoms with van der Waals surface area (Å²) in [6, 6.07) is 1.44. The van der Waals surface area contributed by atoms with Crippen molar-refractivity contribution in [2.75, 3.05) is 5.73 Å². The number of aromatic nitrogens is 3. The van der Waals surface area contributed by atoms with Crippen molar-refractivity contribution < 1.29 is 4.79 Å². The lowest BCUT2D eigenvalue weighted by Crippen LogP contribution is -2.29. The summed E-state index contributed by atoms with van der Waals surface area (Å²) in [6.07, 6.45) is 7.13. The van der Waals surface area contributed by atoms with Crippen LogP contribution in [-0.2, 0) is 0 Å². The Balaban J connectivity index is 2.14. The first kappa shape index (κ1) is 12.1. The second-order valence-corrected chi connectivity index (χ2v) is 3.87. The second-order valence-electron chi connectivity index (χ2n) is 3.87. The Morgan fingerprint density at radius 1 is 1.56 bits per heavy atom. The molecule has 6 heteroatoms. The van der Waals surface area contributed by atoms with Gasteiger partial charge in [0.1, 0.15) is 5.82 Å². The van der Waals surface area contributed by atoms with Gasteiger partial charge in [0.2, 0.25) is 0 Å². The van der Waals surface area contributed by atoms with Crippen LogP contribution in [-0.4, -0.2) is 20.9 Å². The molecule has 0 radical (unpaired) electrons. The topological polar surface area (TPSA) is 96.7 Å². The van der Waals surface area contributed by atoms with Gasteiger partial charge in [-0.1, -0.05) is 6.92 Å². The van der Waals surface area contributed by atoms with Crippen molar-refractivity contribution in [3.05, 3.63) is 42.2 Å². The molecule has 18 heavy (non-hydrogen) atoms. The number of hydrogen-bond donors (Lipinski definition) is 3. The normalized spacial score (nSPS) is 12.1. The van der Waals surface area contributed by atoms with Gasteiger partial charge in [0.25, 0.3) is 5.91 Å². The first-order chi connectivity index (χ1) is 8.72. The highest BCUT2D eigenvalue weighted by atomic mass is 16.1. The molecule has 2 heterocycles. The fraction of sp³-hybridized carbons (Fsp3) is 0.250. The average Bonchev–Trinajstić information content (AvgIpc) is 2.90. The van der Waals surface area contributed by atoms with Crippen LogP contribution in [0, 0.1) is 0 Å². The number of nitrogens with two attached hydrogens (primary N) is 1. The largest absolute Gasteiger partial charge is 0.398 e. The number of nitrogens with zero attached hydrogens (tertiary/aromatic N) is 2. The molecule has 1 amide bonds. The summed E-state index contributed by atoms with van der Waals surface area (Å²) < 4.78 is 0. The van der Waals surface area contributed by atoms with E-state index < -0.39 is 0 Å². The number of carbonyl (C=O) groups is 1. The molecule has 0 aromatic carbocycles. The van der Waals surface area contributed by atoms with Gasteiger partial charge in [0.15, 0.2) is 0 Å². The van der Waals surface area contributed by atoms with Crippen molar-refractivity contribution in [1.29, 1.82) is 0 Å². The molecular formula is C12H15N5O. The number of nitrogen functional groups attached to an aromatic ring is 1. The molecule has 0 spiro atoms. The molecule has 0 fully saturated rings. The summed E-state index contributed by atoms with van der Waals surface area (Å²) in [5, 5.41) is 2.87. The lowest BCUT2D eigenvalue weighted by molar-refractivity contribution is 0.0934. The van der Waals surface area contributed by atoms with Crippen LogP contribution in [0.5, 0.6) is 0 Å². The van der Waals surface area contributed by atoms with Crippen LogP contribution in [0.25, 0.3) is 0 Å². The number of imidazole rings is 1. The fourth-order valence-corrected chi connectivity index (χ4v) is 1.66.